The topological polar surface area (TPSA) is 43.4 Å². The molecule has 0 aliphatic heterocycles. The van der Waals surface area contributed by atoms with Crippen molar-refractivity contribution in [3.63, 3.8) is 0 Å². The van der Waals surface area contributed by atoms with Gasteiger partial charge in [0.15, 0.2) is 0 Å². The molecule has 1 unspecified atom stereocenters. The molecule has 0 spiro atoms. The highest BCUT2D eigenvalue weighted by molar-refractivity contribution is 7.86. The van der Waals surface area contributed by atoms with Crippen LogP contribution in [0.2, 0.25) is 0 Å². The van der Waals surface area contributed by atoms with Crippen LogP contribution in [0.4, 0.5) is 0 Å². The molecule has 0 N–H and O–H groups in total. The molecule has 0 aromatic heterocycles. The monoisotopic (exact) mass is 208 g/mol. The van der Waals surface area contributed by atoms with Crippen molar-refractivity contribution < 1.29 is 12.6 Å². The third kappa shape index (κ3) is 7.02. The molecule has 13 heavy (non-hydrogen) atoms. The van der Waals surface area contributed by atoms with Crippen LogP contribution in [-0.4, -0.2) is 20.8 Å². The zero-order valence-corrected chi connectivity index (χ0v) is 9.94. The average molecular weight is 208 g/mol. The second-order valence-corrected chi connectivity index (χ2v) is 5.93. The largest absolute Gasteiger partial charge is 0.267 e. The van der Waals surface area contributed by atoms with Gasteiger partial charge in [-0.2, -0.15) is 8.42 Å². The van der Waals surface area contributed by atoms with E-state index in [1.807, 2.05) is 0 Å². The highest BCUT2D eigenvalue weighted by atomic mass is 32.2. The van der Waals surface area contributed by atoms with Gasteiger partial charge in [0.2, 0.25) is 0 Å². The first-order valence-electron chi connectivity index (χ1n) is 4.54. The Kier molecular flexibility index (Phi) is 4.39. The molecule has 0 aromatic carbocycles. The van der Waals surface area contributed by atoms with Gasteiger partial charge in [-0.3, -0.25) is 4.18 Å². The van der Waals surface area contributed by atoms with Crippen molar-refractivity contribution in [1.29, 1.82) is 0 Å². The van der Waals surface area contributed by atoms with Crippen LogP contribution < -0.4 is 0 Å². The van der Waals surface area contributed by atoms with Gasteiger partial charge in [0, 0.05) is 0 Å². The summed E-state index contributed by atoms with van der Waals surface area (Å²) in [6.07, 6.45) is 2.63. The molecule has 1 atom stereocenters. The van der Waals surface area contributed by atoms with Crippen LogP contribution in [0.1, 0.15) is 40.5 Å². The van der Waals surface area contributed by atoms with E-state index in [-0.39, 0.29) is 11.5 Å². The van der Waals surface area contributed by atoms with E-state index >= 15 is 0 Å². The van der Waals surface area contributed by atoms with Crippen molar-refractivity contribution in [3.05, 3.63) is 0 Å². The molecule has 0 heterocycles. The second kappa shape index (κ2) is 4.42. The molecule has 3 nitrogen and oxygen atoms in total. The maximum Gasteiger partial charge on any atom is 0.264 e. The van der Waals surface area contributed by atoms with Crippen molar-refractivity contribution in [3.8, 4) is 0 Å². The molecule has 4 heteroatoms. The van der Waals surface area contributed by atoms with Gasteiger partial charge in [-0.1, -0.05) is 27.2 Å². The summed E-state index contributed by atoms with van der Waals surface area (Å²) in [7, 11) is -3.30. The SMILES string of the molecule is CCC(C)(C)CC(C)OS(C)(=O)=O. The Labute approximate surface area is 81.6 Å². The smallest absolute Gasteiger partial charge is 0.264 e. The average Bonchev–Trinajstić information content (AvgIpc) is 1.81. The van der Waals surface area contributed by atoms with E-state index in [1.54, 1.807) is 6.92 Å². The van der Waals surface area contributed by atoms with E-state index in [2.05, 4.69) is 20.8 Å². The van der Waals surface area contributed by atoms with Crippen molar-refractivity contribution in [1.82, 2.24) is 0 Å². The maximum absolute atomic E-state index is 10.8. The first kappa shape index (κ1) is 12.9. The van der Waals surface area contributed by atoms with Crippen molar-refractivity contribution >= 4 is 10.1 Å². The van der Waals surface area contributed by atoms with Gasteiger partial charge < -0.3 is 0 Å². The second-order valence-electron chi connectivity index (χ2n) is 4.33. The molecule has 80 valence electrons. The molecular formula is C9H20O3S. The van der Waals surface area contributed by atoms with E-state index in [0.29, 0.717) is 0 Å². The first-order chi connectivity index (χ1) is 5.66. The molecular weight excluding hydrogens is 188 g/mol. The van der Waals surface area contributed by atoms with Crippen molar-refractivity contribution in [2.24, 2.45) is 5.41 Å². The molecule has 0 aromatic rings. The van der Waals surface area contributed by atoms with Crippen molar-refractivity contribution in [2.45, 2.75) is 46.6 Å². The zero-order chi connectivity index (χ0) is 10.7. The predicted octanol–water partition coefficient (Wildman–Crippen LogP) is 2.18. The van der Waals surface area contributed by atoms with Crippen LogP contribution in [0, 0.1) is 5.41 Å². The van der Waals surface area contributed by atoms with E-state index in [1.165, 1.54) is 0 Å². The Morgan fingerprint density at radius 1 is 1.38 bits per heavy atom. The van der Waals surface area contributed by atoms with E-state index in [4.69, 9.17) is 4.18 Å². The first-order valence-corrected chi connectivity index (χ1v) is 6.36. The molecule has 0 saturated heterocycles. The third-order valence-corrected chi connectivity index (χ3v) is 2.81. The standard InChI is InChI=1S/C9H20O3S/c1-6-9(3,4)7-8(2)12-13(5,10)11/h8H,6-7H2,1-5H3. The lowest BCUT2D eigenvalue weighted by molar-refractivity contribution is 0.155. The summed E-state index contributed by atoms with van der Waals surface area (Å²) >= 11 is 0. The molecule has 0 aliphatic carbocycles. The Morgan fingerprint density at radius 2 is 1.85 bits per heavy atom. The fourth-order valence-corrected chi connectivity index (χ4v) is 1.92. The number of hydrogen-bond acceptors (Lipinski definition) is 3. The van der Waals surface area contributed by atoms with E-state index in [9.17, 15) is 8.42 Å². The molecule has 0 radical (unpaired) electrons. The van der Waals surface area contributed by atoms with Gasteiger partial charge in [0.25, 0.3) is 10.1 Å². The minimum Gasteiger partial charge on any atom is -0.267 e. The number of hydrogen-bond donors (Lipinski definition) is 0. The normalized spacial score (nSPS) is 15.8. The zero-order valence-electron chi connectivity index (χ0n) is 9.12. The highest BCUT2D eigenvalue weighted by Crippen LogP contribution is 2.27. The lowest BCUT2D eigenvalue weighted by atomic mass is 9.85. The summed E-state index contributed by atoms with van der Waals surface area (Å²) in [5.74, 6) is 0. The van der Waals surface area contributed by atoms with Crippen LogP contribution in [0.15, 0.2) is 0 Å². The summed E-state index contributed by atoms with van der Waals surface area (Å²) in [5.41, 5.74) is 0.143. The van der Waals surface area contributed by atoms with Gasteiger partial charge in [-0.25, -0.2) is 0 Å². The van der Waals surface area contributed by atoms with E-state index < -0.39 is 10.1 Å². The Balaban J connectivity index is 4.10. The lowest BCUT2D eigenvalue weighted by Crippen LogP contribution is -2.22. The number of rotatable bonds is 5. The minimum absolute atomic E-state index is 0.143. The molecule has 0 fully saturated rings. The summed E-state index contributed by atoms with van der Waals surface area (Å²) < 4.78 is 26.4. The fourth-order valence-electron chi connectivity index (χ4n) is 1.25. The molecule has 0 amide bonds. The van der Waals surface area contributed by atoms with Gasteiger partial charge >= 0.3 is 0 Å². The molecule has 0 rings (SSSR count). The van der Waals surface area contributed by atoms with Crippen LogP contribution in [0.3, 0.4) is 0 Å². The summed E-state index contributed by atoms with van der Waals surface area (Å²) in [6.45, 7) is 8.09. The minimum atomic E-state index is -3.30. The highest BCUT2D eigenvalue weighted by Gasteiger charge is 2.21. The molecule has 0 saturated carbocycles. The Hall–Kier alpha value is -0.0900. The van der Waals surface area contributed by atoms with Crippen LogP contribution in [-0.2, 0) is 14.3 Å². The maximum atomic E-state index is 10.8. The lowest BCUT2D eigenvalue weighted by Gasteiger charge is -2.25. The van der Waals surface area contributed by atoms with Crippen LogP contribution >= 0.6 is 0 Å². The van der Waals surface area contributed by atoms with Gasteiger partial charge in [0.05, 0.1) is 12.4 Å². The Bertz CT molecular complexity index is 242. The van der Waals surface area contributed by atoms with E-state index in [0.717, 1.165) is 19.1 Å². The third-order valence-electron chi connectivity index (χ3n) is 2.14. The van der Waals surface area contributed by atoms with Crippen LogP contribution in [0.5, 0.6) is 0 Å². The van der Waals surface area contributed by atoms with Crippen molar-refractivity contribution in [2.75, 3.05) is 6.26 Å². The summed E-state index contributed by atoms with van der Waals surface area (Å²) in [6, 6.07) is 0. The Morgan fingerprint density at radius 3 is 2.15 bits per heavy atom. The summed E-state index contributed by atoms with van der Waals surface area (Å²) in [5, 5.41) is 0. The molecule has 0 bridgehead atoms. The van der Waals surface area contributed by atoms with Gasteiger partial charge in [0.1, 0.15) is 0 Å². The fraction of sp³-hybridized carbons (Fsp3) is 1.00. The molecule has 0 aliphatic rings. The van der Waals surface area contributed by atoms with Gasteiger partial charge in [-0.15, -0.1) is 0 Å². The summed E-state index contributed by atoms with van der Waals surface area (Å²) in [4.78, 5) is 0. The van der Waals surface area contributed by atoms with Crippen LogP contribution in [0.25, 0.3) is 0 Å². The predicted molar refractivity (Wildman–Crippen MR) is 54.1 cm³/mol. The van der Waals surface area contributed by atoms with Gasteiger partial charge in [-0.05, 0) is 18.8 Å². The quantitative estimate of drug-likeness (QED) is 0.650.